The molecule has 3 amide bonds. The Hall–Kier alpha value is -3.45. The summed E-state index contributed by atoms with van der Waals surface area (Å²) in [6, 6.07) is 4.86. The van der Waals surface area contributed by atoms with Crippen molar-refractivity contribution < 1.29 is 19.1 Å². The van der Waals surface area contributed by atoms with Gasteiger partial charge in [0.25, 0.3) is 11.5 Å². The van der Waals surface area contributed by atoms with Crippen LogP contribution in [0.2, 0.25) is 0 Å². The Bertz CT molecular complexity index is 1000. The number of carbonyl (C=O) groups is 3. The zero-order valence-corrected chi connectivity index (χ0v) is 16.8. The van der Waals surface area contributed by atoms with E-state index in [2.05, 4.69) is 15.6 Å². The highest BCUT2D eigenvalue weighted by Crippen LogP contribution is 2.15. The first-order valence-corrected chi connectivity index (χ1v) is 9.58. The van der Waals surface area contributed by atoms with Gasteiger partial charge in [0.05, 0.1) is 6.54 Å². The van der Waals surface area contributed by atoms with Gasteiger partial charge in [-0.3, -0.25) is 19.7 Å². The van der Waals surface area contributed by atoms with Crippen molar-refractivity contribution in [1.82, 2.24) is 15.6 Å². The molecule has 0 aromatic carbocycles. The van der Waals surface area contributed by atoms with E-state index in [4.69, 9.17) is 10.00 Å². The van der Waals surface area contributed by atoms with Gasteiger partial charge < -0.3 is 15.0 Å². The molecule has 2 heterocycles. The predicted octanol–water partition coefficient (Wildman–Crippen LogP) is 1.43. The molecule has 2 aromatic heterocycles. The number of carbonyl (C=O) groups excluding carboxylic acids is 3. The number of aryl methyl sites for hydroxylation is 1. The number of pyridine rings is 1. The van der Waals surface area contributed by atoms with Crippen LogP contribution in [-0.4, -0.2) is 29.5 Å². The summed E-state index contributed by atoms with van der Waals surface area (Å²) >= 11 is 1.47. The number of amides is 3. The molecule has 0 bridgehead atoms. The summed E-state index contributed by atoms with van der Waals surface area (Å²) in [6.45, 7) is 3.03. The second kappa shape index (κ2) is 10.2. The summed E-state index contributed by atoms with van der Waals surface area (Å²) in [5.41, 5.74) is 1.30. The Morgan fingerprint density at radius 1 is 1.31 bits per heavy atom. The Morgan fingerprint density at radius 3 is 2.72 bits per heavy atom. The Labute approximate surface area is 170 Å². The Balaban J connectivity index is 1.77. The standard InChI is InChI=1S/C19H20N4O5S/c1-11-14(12(2)22-18(26)15(11)8-20)5-6-17(25)28-10-16(24)23-19(27)21-9-13-4-3-7-29-13/h3-4,7H,5-6,9-10H2,1-2H3,(H,22,26)(H2,21,23,24,27). The zero-order chi connectivity index (χ0) is 21.4. The molecule has 0 spiro atoms. The number of nitrogens with zero attached hydrogens (tertiary/aromatic N) is 1. The molecule has 0 aliphatic heterocycles. The van der Waals surface area contributed by atoms with E-state index in [0.29, 0.717) is 23.4 Å². The highest BCUT2D eigenvalue weighted by atomic mass is 32.1. The van der Waals surface area contributed by atoms with Gasteiger partial charge in [0.1, 0.15) is 11.6 Å². The van der Waals surface area contributed by atoms with E-state index >= 15 is 0 Å². The molecular formula is C19H20N4O5S. The molecule has 0 unspecified atom stereocenters. The van der Waals surface area contributed by atoms with Gasteiger partial charge in [0.15, 0.2) is 6.61 Å². The van der Waals surface area contributed by atoms with E-state index in [1.807, 2.05) is 23.6 Å². The van der Waals surface area contributed by atoms with E-state index in [1.165, 1.54) is 11.3 Å². The van der Waals surface area contributed by atoms with Crippen LogP contribution in [0.15, 0.2) is 22.3 Å². The summed E-state index contributed by atoms with van der Waals surface area (Å²) < 4.78 is 4.87. The van der Waals surface area contributed by atoms with Crippen molar-refractivity contribution in [3.8, 4) is 6.07 Å². The highest BCUT2D eigenvalue weighted by Gasteiger charge is 2.15. The molecule has 0 saturated carbocycles. The first-order chi connectivity index (χ1) is 13.8. The Morgan fingerprint density at radius 2 is 2.07 bits per heavy atom. The lowest BCUT2D eigenvalue weighted by Crippen LogP contribution is -2.41. The maximum Gasteiger partial charge on any atom is 0.321 e. The molecule has 0 radical (unpaired) electrons. The largest absolute Gasteiger partial charge is 0.456 e. The third-order valence-electron chi connectivity index (χ3n) is 4.12. The molecule has 0 aliphatic rings. The van der Waals surface area contributed by atoms with Crippen LogP contribution in [0.5, 0.6) is 0 Å². The summed E-state index contributed by atoms with van der Waals surface area (Å²) in [6.07, 6.45) is 0.196. The molecule has 9 nitrogen and oxygen atoms in total. The smallest absolute Gasteiger partial charge is 0.321 e. The lowest BCUT2D eigenvalue weighted by atomic mass is 9.99. The molecule has 3 N–H and O–H groups in total. The second-order valence-electron chi connectivity index (χ2n) is 6.14. The number of aromatic nitrogens is 1. The molecule has 10 heteroatoms. The number of ether oxygens (including phenoxy) is 1. The number of aromatic amines is 1. The predicted molar refractivity (Wildman–Crippen MR) is 105 cm³/mol. The third kappa shape index (κ3) is 6.29. The average Bonchev–Trinajstić information content (AvgIpc) is 3.18. The fourth-order valence-corrected chi connectivity index (χ4v) is 3.30. The maximum atomic E-state index is 11.9. The number of esters is 1. The van der Waals surface area contributed by atoms with Crippen LogP contribution >= 0.6 is 11.3 Å². The van der Waals surface area contributed by atoms with Crippen molar-refractivity contribution in [2.24, 2.45) is 0 Å². The quantitative estimate of drug-likeness (QED) is 0.583. The summed E-state index contributed by atoms with van der Waals surface area (Å²) in [5.74, 6) is -1.38. The van der Waals surface area contributed by atoms with Gasteiger partial charge in [-0.1, -0.05) is 6.07 Å². The molecule has 29 heavy (non-hydrogen) atoms. The molecule has 0 atom stereocenters. The number of H-pyrrole nitrogens is 1. The van der Waals surface area contributed by atoms with Gasteiger partial charge in [-0.25, -0.2) is 4.79 Å². The number of thiophene rings is 1. The van der Waals surface area contributed by atoms with Gasteiger partial charge in [0.2, 0.25) is 0 Å². The zero-order valence-electron chi connectivity index (χ0n) is 16.0. The lowest BCUT2D eigenvalue weighted by molar-refractivity contribution is -0.148. The van der Waals surface area contributed by atoms with E-state index in [9.17, 15) is 19.2 Å². The molecule has 0 fully saturated rings. The number of hydrogen-bond acceptors (Lipinski definition) is 7. The van der Waals surface area contributed by atoms with Crippen LogP contribution < -0.4 is 16.2 Å². The van der Waals surface area contributed by atoms with E-state index in [1.54, 1.807) is 13.8 Å². The second-order valence-corrected chi connectivity index (χ2v) is 7.17. The number of hydrogen-bond donors (Lipinski definition) is 3. The minimum Gasteiger partial charge on any atom is -0.456 e. The fourth-order valence-electron chi connectivity index (χ4n) is 2.65. The highest BCUT2D eigenvalue weighted by molar-refractivity contribution is 7.09. The van der Waals surface area contributed by atoms with Crippen LogP contribution in [0.1, 0.15) is 33.7 Å². The number of nitrogens with one attached hydrogen (secondary N) is 3. The van der Waals surface area contributed by atoms with Gasteiger partial charge >= 0.3 is 12.0 Å². The van der Waals surface area contributed by atoms with Crippen LogP contribution in [0.4, 0.5) is 4.79 Å². The molecule has 152 valence electrons. The molecule has 0 saturated heterocycles. The molecule has 2 rings (SSSR count). The number of imide groups is 1. The van der Waals surface area contributed by atoms with E-state index < -0.39 is 30.1 Å². The first-order valence-electron chi connectivity index (χ1n) is 8.70. The number of urea groups is 1. The van der Waals surface area contributed by atoms with Crippen molar-refractivity contribution in [3.05, 3.63) is 55.1 Å². The summed E-state index contributed by atoms with van der Waals surface area (Å²) in [4.78, 5) is 50.5. The van der Waals surface area contributed by atoms with Crippen molar-refractivity contribution in [1.29, 1.82) is 5.26 Å². The van der Waals surface area contributed by atoms with Gasteiger partial charge in [0, 0.05) is 17.0 Å². The first kappa shape index (κ1) is 21.8. The SMILES string of the molecule is Cc1[nH]c(=O)c(C#N)c(C)c1CCC(=O)OCC(=O)NC(=O)NCc1cccs1. The third-order valence-corrected chi connectivity index (χ3v) is 5.00. The monoisotopic (exact) mass is 416 g/mol. The molecule has 2 aromatic rings. The van der Waals surface area contributed by atoms with E-state index in [-0.39, 0.29) is 18.4 Å². The van der Waals surface area contributed by atoms with Crippen LogP contribution in [0, 0.1) is 25.2 Å². The number of rotatable bonds is 7. The molecule has 0 aliphatic carbocycles. The van der Waals surface area contributed by atoms with Crippen molar-refractivity contribution in [3.63, 3.8) is 0 Å². The van der Waals surface area contributed by atoms with Crippen molar-refractivity contribution in [2.75, 3.05) is 6.61 Å². The van der Waals surface area contributed by atoms with Crippen molar-refractivity contribution in [2.45, 2.75) is 33.2 Å². The van der Waals surface area contributed by atoms with Crippen LogP contribution in [-0.2, 0) is 27.3 Å². The normalized spacial score (nSPS) is 10.1. The average molecular weight is 416 g/mol. The van der Waals surface area contributed by atoms with E-state index in [0.717, 1.165) is 4.88 Å². The lowest BCUT2D eigenvalue weighted by Gasteiger charge is -2.11. The minimum atomic E-state index is -0.745. The van der Waals surface area contributed by atoms with Crippen LogP contribution in [0.3, 0.4) is 0 Å². The Kier molecular flexibility index (Phi) is 7.68. The topological polar surface area (TPSA) is 141 Å². The van der Waals surface area contributed by atoms with Gasteiger partial charge in [-0.15, -0.1) is 11.3 Å². The van der Waals surface area contributed by atoms with Crippen LogP contribution in [0.25, 0.3) is 0 Å². The maximum absolute atomic E-state index is 11.9. The minimum absolute atomic E-state index is 0.00639. The van der Waals surface area contributed by atoms with Gasteiger partial charge in [-0.2, -0.15) is 5.26 Å². The summed E-state index contributed by atoms with van der Waals surface area (Å²) in [5, 5.41) is 15.5. The molecular weight excluding hydrogens is 396 g/mol. The van der Waals surface area contributed by atoms with Gasteiger partial charge in [-0.05, 0) is 42.8 Å². The van der Waals surface area contributed by atoms with Crippen molar-refractivity contribution >= 4 is 29.2 Å². The fraction of sp³-hybridized carbons (Fsp3) is 0.316. The number of nitriles is 1. The summed E-state index contributed by atoms with van der Waals surface area (Å²) in [7, 11) is 0.